The van der Waals surface area contributed by atoms with Crippen LogP contribution in [0.15, 0.2) is 47.2 Å². The summed E-state index contributed by atoms with van der Waals surface area (Å²) >= 11 is 3.32. The molecule has 3 nitrogen and oxygen atoms in total. The molecular weight excluding hydrogens is 329 g/mol. The molecule has 23 heavy (non-hydrogen) atoms. The molecule has 4 rings (SSSR count). The number of aromatic nitrogens is 2. The van der Waals surface area contributed by atoms with Crippen LogP contribution in [0.3, 0.4) is 0 Å². The zero-order chi connectivity index (χ0) is 15.8. The first kappa shape index (κ1) is 14.6. The van der Waals surface area contributed by atoms with Crippen molar-refractivity contribution < 1.29 is 4.39 Å². The van der Waals surface area contributed by atoms with Gasteiger partial charge in [-0.2, -0.15) is 0 Å². The van der Waals surface area contributed by atoms with Crippen LogP contribution in [0.2, 0.25) is 0 Å². The number of thiophene rings is 1. The van der Waals surface area contributed by atoms with Crippen LogP contribution >= 0.6 is 22.7 Å². The Morgan fingerprint density at radius 1 is 1.13 bits per heavy atom. The number of rotatable bonds is 4. The van der Waals surface area contributed by atoms with Crippen LogP contribution < -0.4 is 5.73 Å². The molecule has 0 fully saturated rings. The van der Waals surface area contributed by atoms with Gasteiger partial charge in [0.2, 0.25) is 0 Å². The third-order valence-electron chi connectivity index (χ3n) is 3.73. The third kappa shape index (κ3) is 2.49. The van der Waals surface area contributed by atoms with Gasteiger partial charge in [-0.1, -0.05) is 6.07 Å². The Bertz CT molecular complexity index is 936. The highest BCUT2D eigenvalue weighted by Crippen LogP contribution is 2.34. The fraction of sp³-hybridized carbons (Fsp3) is 0.118. The Balaban J connectivity index is 1.95. The summed E-state index contributed by atoms with van der Waals surface area (Å²) in [6.45, 7) is 0.543. The fourth-order valence-electron chi connectivity index (χ4n) is 2.72. The summed E-state index contributed by atoms with van der Waals surface area (Å²) in [6.07, 6.45) is 0.725. The van der Waals surface area contributed by atoms with Crippen LogP contribution in [-0.2, 0) is 6.42 Å². The van der Waals surface area contributed by atoms with Crippen LogP contribution in [0.1, 0.15) is 5.69 Å². The average molecular weight is 343 g/mol. The van der Waals surface area contributed by atoms with E-state index in [1.807, 2.05) is 6.07 Å². The highest BCUT2D eigenvalue weighted by atomic mass is 32.1. The summed E-state index contributed by atoms with van der Waals surface area (Å²) < 4.78 is 15.4. The highest BCUT2D eigenvalue weighted by Gasteiger charge is 2.18. The molecule has 0 atom stereocenters. The predicted octanol–water partition coefficient (Wildman–Crippen LogP) is 4.43. The van der Waals surface area contributed by atoms with Gasteiger partial charge in [0.05, 0.1) is 22.0 Å². The van der Waals surface area contributed by atoms with Crippen molar-refractivity contribution in [1.82, 2.24) is 9.38 Å². The van der Waals surface area contributed by atoms with Gasteiger partial charge in [-0.05, 0) is 42.3 Å². The summed E-state index contributed by atoms with van der Waals surface area (Å²) in [7, 11) is 0. The molecule has 3 aromatic heterocycles. The maximum Gasteiger partial charge on any atom is 0.194 e. The number of halogens is 1. The quantitative estimate of drug-likeness (QED) is 0.595. The van der Waals surface area contributed by atoms with Gasteiger partial charge in [0.1, 0.15) is 5.82 Å². The molecule has 0 unspecified atom stereocenters. The first-order valence-electron chi connectivity index (χ1n) is 7.26. The molecule has 3 heterocycles. The molecule has 0 aliphatic rings. The maximum absolute atomic E-state index is 13.2. The van der Waals surface area contributed by atoms with Crippen molar-refractivity contribution >= 4 is 27.6 Å². The lowest BCUT2D eigenvalue weighted by atomic mass is 10.1. The van der Waals surface area contributed by atoms with Gasteiger partial charge in [-0.25, -0.2) is 9.37 Å². The van der Waals surface area contributed by atoms with E-state index in [0.29, 0.717) is 6.54 Å². The monoisotopic (exact) mass is 343 g/mol. The molecule has 0 radical (unpaired) electrons. The van der Waals surface area contributed by atoms with Crippen LogP contribution in [0.5, 0.6) is 0 Å². The molecule has 116 valence electrons. The lowest BCUT2D eigenvalue weighted by molar-refractivity contribution is 0.628. The average Bonchev–Trinajstić information content (AvgIpc) is 3.26. The minimum atomic E-state index is -0.241. The van der Waals surface area contributed by atoms with Gasteiger partial charge in [0, 0.05) is 17.4 Å². The maximum atomic E-state index is 13.2. The minimum Gasteiger partial charge on any atom is -0.330 e. The molecule has 0 bridgehead atoms. The van der Waals surface area contributed by atoms with Gasteiger partial charge in [0.15, 0.2) is 4.96 Å². The molecule has 1 aromatic carbocycles. The lowest BCUT2D eigenvalue weighted by Gasteiger charge is -2.05. The van der Waals surface area contributed by atoms with Crippen molar-refractivity contribution in [1.29, 1.82) is 0 Å². The summed E-state index contributed by atoms with van der Waals surface area (Å²) in [6, 6.07) is 10.6. The second-order valence-electron chi connectivity index (χ2n) is 5.17. The third-order valence-corrected chi connectivity index (χ3v) is 5.45. The molecule has 2 N–H and O–H groups in total. The summed E-state index contributed by atoms with van der Waals surface area (Å²) in [5, 5.41) is 4.20. The smallest absolute Gasteiger partial charge is 0.194 e. The van der Waals surface area contributed by atoms with Gasteiger partial charge in [-0.15, -0.1) is 22.7 Å². The van der Waals surface area contributed by atoms with E-state index in [9.17, 15) is 4.39 Å². The van der Waals surface area contributed by atoms with Gasteiger partial charge in [-0.3, -0.25) is 4.40 Å². The molecule has 4 aromatic rings. The molecule has 0 saturated carbocycles. The van der Waals surface area contributed by atoms with Crippen molar-refractivity contribution in [2.24, 2.45) is 5.73 Å². The molecule has 0 saturated heterocycles. The van der Waals surface area contributed by atoms with Crippen LogP contribution in [0.25, 0.3) is 26.8 Å². The Hall–Kier alpha value is -2.02. The summed E-state index contributed by atoms with van der Waals surface area (Å²) in [4.78, 5) is 6.92. The molecule has 0 amide bonds. The molecule has 0 aliphatic carbocycles. The molecule has 6 heteroatoms. The van der Waals surface area contributed by atoms with Crippen molar-refractivity contribution in [2.45, 2.75) is 6.42 Å². The van der Waals surface area contributed by atoms with E-state index in [4.69, 9.17) is 10.7 Å². The predicted molar refractivity (Wildman–Crippen MR) is 94.5 cm³/mol. The topological polar surface area (TPSA) is 43.3 Å². The van der Waals surface area contributed by atoms with Crippen molar-refractivity contribution in [3.63, 3.8) is 0 Å². The number of nitrogens with zero attached hydrogens (tertiary/aromatic N) is 2. The largest absolute Gasteiger partial charge is 0.330 e. The zero-order valence-corrected chi connectivity index (χ0v) is 13.8. The van der Waals surface area contributed by atoms with Crippen LogP contribution in [0, 0.1) is 5.82 Å². The SMILES string of the molecule is NCCc1c(-c2ccc(F)cc2)nc2scc(-c3cccs3)n12. The lowest BCUT2D eigenvalue weighted by Crippen LogP contribution is -2.06. The van der Waals surface area contributed by atoms with Gasteiger partial charge < -0.3 is 5.73 Å². The standard InChI is InChI=1S/C17H14FN3S2/c18-12-5-3-11(4-6-12)16-13(7-8-19)21-14(10-23-17(21)20-16)15-2-1-9-22-15/h1-6,9-10H,7-8,19H2. The first-order valence-corrected chi connectivity index (χ1v) is 9.02. The van der Waals surface area contributed by atoms with E-state index in [0.717, 1.165) is 34.0 Å². The fourth-order valence-corrected chi connectivity index (χ4v) is 4.43. The Labute approximate surface area is 140 Å². The minimum absolute atomic E-state index is 0.241. The number of hydrogen-bond donors (Lipinski definition) is 1. The Kier molecular flexibility index (Phi) is 3.72. The summed E-state index contributed by atoms with van der Waals surface area (Å²) in [5.74, 6) is -0.241. The normalized spacial score (nSPS) is 11.4. The first-order chi connectivity index (χ1) is 11.3. The number of nitrogens with two attached hydrogens (primary N) is 1. The van der Waals surface area contributed by atoms with Crippen LogP contribution in [-0.4, -0.2) is 15.9 Å². The number of fused-ring (bicyclic) bond motifs is 1. The zero-order valence-electron chi connectivity index (χ0n) is 12.2. The van der Waals surface area contributed by atoms with E-state index in [1.165, 1.54) is 17.0 Å². The van der Waals surface area contributed by atoms with E-state index in [1.54, 1.807) is 34.8 Å². The van der Waals surface area contributed by atoms with Gasteiger partial charge >= 0.3 is 0 Å². The van der Waals surface area contributed by atoms with Gasteiger partial charge in [0.25, 0.3) is 0 Å². The Morgan fingerprint density at radius 3 is 2.65 bits per heavy atom. The molecule has 0 aliphatic heterocycles. The second-order valence-corrected chi connectivity index (χ2v) is 6.95. The Morgan fingerprint density at radius 2 is 1.96 bits per heavy atom. The summed E-state index contributed by atoms with van der Waals surface area (Å²) in [5.41, 5.74) is 9.86. The van der Waals surface area contributed by atoms with E-state index in [2.05, 4.69) is 21.2 Å². The van der Waals surface area contributed by atoms with E-state index < -0.39 is 0 Å². The molecular formula is C17H14FN3S2. The van der Waals surface area contributed by atoms with E-state index in [-0.39, 0.29) is 5.82 Å². The number of hydrogen-bond acceptors (Lipinski definition) is 4. The van der Waals surface area contributed by atoms with Crippen molar-refractivity contribution in [3.8, 4) is 21.8 Å². The second kappa shape index (κ2) is 5.88. The number of thiazole rings is 1. The molecule has 0 spiro atoms. The highest BCUT2D eigenvalue weighted by molar-refractivity contribution is 7.17. The number of imidazole rings is 1. The van der Waals surface area contributed by atoms with Crippen molar-refractivity contribution in [2.75, 3.05) is 6.54 Å². The van der Waals surface area contributed by atoms with Crippen LogP contribution in [0.4, 0.5) is 4.39 Å². The number of benzene rings is 1. The van der Waals surface area contributed by atoms with Crippen molar-refractivity contribution in [3.05, 3.63) is 58.7 Å². The van der Waals surface area contributed by atoms with E-state index >= 15 is 0 Å².